The van der Waals surface area contributed by atoms with Crippen molar-refractivity contribution in [1.29, 1.82) is 0 Å². The van der Waals surface area contributed by atoms with E-state index < -0.39 is 6.10 Å². The van der Waals surface area contributed by atoms with Crippen LogP contribution in [0.15, 0.2) is 22.7 Å². The zero-order valence-electron chi connectivity index (χ0n) is 12.1. The van der Waals surface area contributed by atoms with Crippen LogP contribution in [0.2, 0.25) is 0 Å². The van der Waals surface area contributed by atoms with Crippen molar-refractivity contribution in [2.75, 3.05) is 25.0 Å². The monoisotopic (exact) mass is 326 g/mol. The summed E-state index contributed by atoms with van der Waals surface area (Å²) in [7, 11) is 2.19. The van der Waals surface area contributed by atoms with Gasteiger partial charge in [-0.3, -0.25) is 4.90 Å². The molecule has 1 heterocycles. The Morgan fingerprint density at radius 2 is 1.84 bits per heavy atom. The van der Waals surface area contributed by atoms with Crippen molar-refractivity contribution in [3.05, 3.63) is 28.2 Å². The van der Waals surface area contributed by atoms with Crippen molar-refractivity contribution >= 4 is 21.6 Å². The summed E-state index contributed by atoms with van der Waals surface area (Å²) >= 11 is 3.56. The van der Waals surface area contributed by atoms with Gasteiger partial charge in [0.1, 0.15) is 0 Å². The lowest BCUT2D eigenvalue weighted by atomic mass is 10.1. The van der Waals surface area contributed by atoms with Gasteiger partial charge < -0.3 is 10.0 Å². The number of benzene rings is 1. The van der Waals surface area contributed by atoms with Gasteiger partial charge in [0.25, 0.3) is 0 Å². The molecular weight excluding hydrogens is 304 g/mol. The molecule has 1 N–H and O–H groups in total. The van der Waals surface area contributed by atoms with Crippen LogP contribution in [0.25, 0.3) is 0 Å². The van der Waals surface area contributed by atoms with E-state index in [4.69, 9.17) is 0 Å². The van der Waals surface area contributed by atoms with Gasteiger partial charge in [0, 0.05) is 35.3 Å². The number of piperazine rings is 1. The molecule has 0 saturated carbocycles. The van der Waals surface area contributed by atoms with Gasteiger partial charge in [-0.05, 0) is 45.5 Å². The Kier molecular flexibility index (Phi) is 4.54. The number of halogens is 1. The maximum atomic E-state index is 9.67. The SMILES string of the molecule is CC1CN(c2ccc([C@H](C)O)c(Br)c2)CC(C)N1C. The summed E-state index contributed by atoms with van der Waals surface area (Å²) in [5, 5.41) is 9.67. The lowest BCUT2D eigenvalue weighted by Crippen LogP contribution is -2.55. The Hall–Kier alpha value is -0.580. The summed E-state index contributed by atoms with van der Waals surface area (Å²) in [5.41, 5.74) is 2.17. The van der Waals surface area contributed by atoms with Crippen LogP contribution in [-0.4, -0.2) is 42.2 Å². The van der Waals surface area contributed by atoms with Crippen LogP contribution >= 0.6 is 15.9 Å². The first-order valence-electron chi connectivity index (χ1n) is 6.84. The number of rotatable bonds is 2. The van der Waals surface area contributed by atoms with Crippen LogP contribution in [0.1, 0.15) is 32.4 Å². The second-order valence-electron chi connectivity index (χ2n) is 5.65. The van der Waals surface area contributed by atoms with Crippen molar-refractivity contribution in [3.63, 3.8) is 0 Å². The Morgan fingerprint density at radius 3 is 2.32 bits per heavy atom. The average Bonchev–Trinajstić information content (AvgIpc) is 2.34. The Labute approximate surface area is 124 Å². The Morgan fingerprint density at radius 1 is 1.26 bits per heavy atom. The highest BCUT2D eigenvalue weighted by molar-refractivity contribution is 9.10. The van der Waals surface area contributed by atoms with E-state index in [1.807, 2.05) is 6.07 Å². The van der Waals surface area contributed by atoms with Gasteiger partial charge in [0.05, 0.1) is 6.10 Å². The molecule has 0 radical (unpaired) electrons. The maximum absolute atomic E-state index is 9.67. The third-order valence-corrected chi connectivity index (χ3v) is 4.85. The van der Waals surface area contributed by atoms with Gasteiger partial charge in [-0.2, -0.15) is 0 Å². The summed E-state index contributed by atoms with van der Waals surface area (Å²) in [6, 6.07) is 7.35. The predicted octanol–water partition coefficient (Wildman–Crippen LogP) is 3.03. The molecule has 106 valence electrons. The van der Waals surface area contributed by atoms with Crippen molar-refractivity contribution < 1.29 is 5.11 Å². The Bertz CT molecular complexity index is 438. The first-order valence-corrected chi connectivity index (χ1v) is 7.64. The number of hydrogen-bond donors (Lipinski definition) is 1. The van der Waals surface area contributed by atoms with Crippen LogP contribution in [0.4, 0.5) is 5.69 Å². The van der Waals surface area contributed by atoms with Crippen LogP contribution in [0.3, 0.4) is 0 Å². The van der Waals surface area contributed by atoms with Crippen molar-refractivity contribution in [1.82, 2.24) is 4.90 Å². The van der Waals surface area contributed by atoms with E-state index in [9.17, 15) is 5.11 Å². The lowest BCUT2D eigenvalue weighted by molar-refractivity contribution is 0.170. The number of likely N-dealkylation sites (N-methyl/N-ethyl adjacent to an activating group) is 1. The van der Waals surface area contributed by atoms with Crippen LogP contribution < -0.4 is 4.90 Å². The highest BCUT2D eigenvalue weighted by Gasteiger charge is 2.26. The lowest BCUT2D eigenvalue weighted by Gasteiger charge is -2.43. The normalized spacial score (nSPS) is 26.5. The molecule has 0 aromatic heterocycles. The molecule has 2 unspecified atom stereocenters. The van der Waals surface area contributed by atoms with Crippen molar-refractivity contribution in [2.24, 2.45) is 0 Å². The van der Waals surface area contributed by atoms with E-state index in [0.717, 1.165) is 23.1 Å². The van der Waals surface area contributed by atoms with Gasteiger partial charge in [-0.15, -0.1) is 0 Å². The minimum absolute atomic E-state index is 0.436. The molecular formula is C15H23BrN2O. The summed E-state index contributed by atoms with van der Waals surface area (Å²) in [4.78, 5) is 4.85. The van der Waals surface area contributed by atoms with E-state index in [-0.39, 0.29) is 0 Å². The number of nitrogens with zero attached hydrogens (tertiary/aromatic N) is 2. The van der Waals surface area contributed by atoms with Crippen molar-refractivity contribution in [2.45, 2.75) is 39.0 Å². The first-order chi connectivity index (χ1) is 8.90. The van der Waals surface area contributed by atoms with Gasteiger partial charge in [0.2, 0.25) is 0 Å². The third-order valence-electron chi connectivity index (χ3n) is 4.16. The molecule has 19 heavy (non-hydrogen) atoms. The fourth-order valence-corrected chi connectivity index (χ4v) is 3.36. The summed E-state index contributed by atoms with van der Waals surface area (Å²) < 4.78 is 0.985. The smallest absolute Gasteiger partial charge is 0.0772 e. The summed E-state index contributed by atoms with van der Waals surface area (Å²) in [6.45, 7) is 8.41. The minimum atomic E-state index is -0.436. The molecule has 0 amide bonds. The average molecular weight is 327 g/mol. The minimum Gasteiger partial charge on any atom is -0.389 e. The molecule has 0 bridgehead atoms. The molecule has 1 aliphatic heterocycles. The molecule has 1 aromatic rings. The number of aliphatic hydroxyl groups is 1. The zero-order chi connectivity index (χ0) is 14.2. The first kappa shape index (κ1) is 14.8. The highest BCUT2D eigenvalue weighted by atomic mass is 79.9. The quantitative estimate of drug-likeness (QED) is 0.904. The molecule has 4 heteroatoms. The molecule has 1 aliphatic rings. The van der Waals surface area contributed by atoms with E-state index in [1.54, 1.807) is 6.92 Å². The number of aliphatic hydroxyl groups excluding tert-OH is 1. The topological polar surface area (TPSA) is 26.7 Å². The molecule has 0 spiro atoms. The van der Waals surface area contributed by atoms with E-state index in [2.05, 4.69) is 58.8 Å². The van der Waals surface area contributed by atoms with E-state index in [0.29, 0.717) is 12.1 Å². The number of anilines is 1. The summed E-state index contributed by atoms with van der Waals surface area (Å²) in [5.74, 6) is 0. The molecule has 3 nitrogen and oxygen atoms in total. The molecule has 3 atom stereocenters. The number of hydrogen-bond acceptors (Lipinski definition) is 3. The predicted molar refractivity (Wildman–Crippen MR) is 83.7 cm³/mol. The largest absolute Gasteiger partial charge is 0.389 e. The molecule has 1 saturated heterocycles. The Balaban J connectivity index is 2.21. The fraction of sp³-hybridized carbons (Fsp3) is 0.600. The van der Waals surface area contributed by atoms with Crippen LogP contribution in [0, 0.1) is 0 Å². The zero-order valence-corrected chi connectivity index (χ0v) is 13.7. The van der Waals surface area contributed by atoms with E-state index in [1.165, 1.54) is 5.69 Å². The molecule has 1 aromatic carbocycles. The maximum Gasteiger partial charge on any atom is 0.0772 e. The highest BCUT2D eigenvalue weighted by Crippen LogP contribution is 2.29. The van der Waals surface area contributed by atoms with Crippen LogP contribution in [-0.2, 0) is 0 Å². The van der Waals surface area contributed by atoms with E-state index >= 15 is 0 Å². The van der Waals surface area contributed by atoms with Crippen molar-refractivity contribution in [3.8, 4) is 0 Å². The second-order valence-corrected chi connectivity index (χ2v) is 6.50. The molecule has 0 aliphatic carbocycles. The van der Waals surface area contributed by atoms with Gasteiger partial charge >= 0.3 is 0 Å². The standard InChI is InChI=1S/C15H23BrN2O/c1-10-8-18(9-11(2)17(10)4)13-5-6-14(12(3)19)15(16)7-13/h5-7,10-12,19H,8-9H2,1-4H3/t10?,11?,12-/m0/s1. The van der Waals surface area contributed by atoms with Gasteiger partial charge in [-0.25, -0.2) is 0 Å². The third kappa shape index (κ3) is 3.12. The molecule has 2 rings (SSSR count). The van der Waals surface area contributed by atoms with Gasteiger partial charge in [0.15, 0.2) is 0 Å². The molecule has 1 fully saturated rings. The summed E-state index contributed by atoms with van der Waals surface area (Å²) in [6.07, 6.45) is -0.436. The second kappa shape index (κ2) is 5.81. The van der Waals surface area contributed by atoms with Gasteiger partial charge in [-0.1, -0.05) is 22.0 Å². The fourth-order valence-electron chi connectivity index (χ4n) is 2.67. The van der Waals surface area contributed by atoms with Crippen LogP contribution in [0.5, 0.6) is 0 Å².